The summed E-state index contributed by atoms with van der Waals surface area (Å²) in [7, 11) is 0. The molecule has 6 nitrogen and oxygen atoms in total. The first-order valence-corrected chi connectivity index (χ1v) is 9.28. The number of nitrogens with one attached hydrogen (secondary N) is 2. The molecule has 0 aliphatic carbocycles. The smallest absolute Gasteiger partial charge is 0.161 e. The van der Waals surface area contributed by atoms with Gasteiger partial charge in [-0.2, -0.15) is 0 Å². The maximum atomic E-state index is 4.83. The second kappa shape index (κ2) is 6.85. The van der Waals surface area contributed by atoms with Crippen LogP contribution in [0.1, 0.15) is 34.9 Å². The lowest BCUT2D eigenvalue weighted by atomic mass is 10.1. The van der Waals surface area contributed by atoms with Crippen molar-refractivity contribution in [2.24, 2.45) is 0 Å². The molecule has 1 aliphatic heterocycles. The third-order valence-corrected chi connectivity index (χ3v) is 5.10. The minimum atomic E-state index is 0.101. The molecule has 0 bridgehead atoms. The fourth-order valence-corrected chi connectivity index (χ4v) is 3.67. The van der Waals surface area contributed by atoms with Gasteiger partial charge in [-0.1, -0.05) is 0 Å². The Morgan fingerprint density at radius 3 is 2.80 bits per heavy atom. The van der Waals surface area contributed by atoms with Gasteiger partial charge in [0.15, 0.2) is 5.82 Å². The van der Waals surface area contributed by atoms with E-state index in [9.17, 15) is 0 Å². The molecule has 25 heavy (non-hydrogen) atoms. The molecule has 0 amide bonds. The second-order valence-corrected chi connectivity index (χ2v) is 7.20. The van der Waals surface area contributed by atoms with Gasteiger partial charge in [0.1, 0.15) is 5.82 Å². The number of thiazole rings is 1. The van der Waals surface area contributed by atoms with E-state index in [1.54, 1.807) is 23.7 Å². The SMILES string of the molecule is Cc1nc(C(C)Nc2nc(-c3ccncc3)nc3c2CCNC3)cs1. The zero-order valence-corrected chi connectivity index (χ0v) is 15.1. The number of nitrogens with zero attached hydrogens (tertiary/aromatic N) is 4. The van der Waals surface area contributed by atoms with Gasteiger partial charge in [-0.05, 0) is 38.9 Å². The van der Waals surface area contributed by atoms with Crippen LogP contribution in [0.25, 0.3) is 11.4 Å². The maximum absolute atomic E-state index is 4.83. The number of hydrogen-bond donors (Lipinski definition) is 2. The first-order valence-electron chi connectivity index (χ1n) is 8.40. The zero-order valence-electron chi connectivity index (χ0n) is 14.3. The van der Waals surface area contributed by atoms with E-state index < -0.39 is 0 Å². The van der Waals surface area contributed by atoms with Crippen molar-refractivity contribution in [3.8, 4) is 11.4 Å². The Bertz CT molecular complexity index is 877. The highest BCUT2D eigenvalue weighted by atomic mass is 32.1. The summed E-state index contributed by atoms with van der Waals surface area (Å²) in [4.78, 5) is 18.3. The van der Waals surface area contributed by atoms with Crippen LogP contribution in [0, 0.1) is 6.92 Å². The summed E-state index contributed by atoms with van der Waals surface area (Å²) in [5, 5.41) is 10.1. The Hall–Kier alpha value is -2.38. The fourth-order valence-electron chi connectivity index (χ4n) is 2.97. The molecule has 1 atom stereocenters. The fraction of sp³-hybridized carbons (Fsp3) is 0.333. The molecule has 0 aromatic carbocycles. The van der Waals surface area contributed by atoms with Gasteiger partial charge in [0.2, 0.25) is 0 Å². The van der Waals surface area contributed by atoms with Crippen molar-refractivity contribution in [3.63, 3.8) is 0 Å². The van der Waals surface area contributed by atoms with E-state index in [2.05, 4.69) is 32.9 Å². The number of anilines is 1. The first-order chi connectivity index (χ1) is 12.2. The molecule has 7 heteroatoms. The Balaban J connectivity index is 1.72. The van der Waals surface area contributed by atoms with Crippen molar-refractivity contribution >= 4 is 17.2 Å². The molecule has 4 heterocycles. The molecule has 1 unspecified atom stereocenters. The topological polar surface area (TPSA) is 75.6 Å². The Labute approximate surface area is 150 Å². The normalized spacial score (nSPS) is 14.8. The highest BCUT2D eigenvalue weighted by Gasteiger charge is 2.20. The number of aryl methyl sites for hydroxylation is 1. The molecule has 4 rings (SSSR count). The summed E-state index contributed by atoms with van der Waals surface area (Å²) >= 11 is 1.67. The van der Waals surface area contributed by atoms with Crippen LogP contribution in [0.5, 0.6) is 0 Å². The quantitative estimate of drug-likeness (QED) is 0.751. The van der Waals surface area contributed by atoms with Gasteiger partial charge in [-0.3, -0.25) is 4.98 Å². The Morgan fingerprint density at radius 1 is 1.20 bits per heavy atom. The number of hydrogen-bond acceptors (Lipinski definition) is 7. The molecule has 0 saturated carbocycles. The standard InChI is InChI=1S/C18H20N6S/c1-11(16-10-25-12(2)22-16)21-18-14-5-8-20-9-15(14)23-17(24-18)13-3-6-19-7-4-13/h3-4,6-7,10-11,20H,5,8-9H2,1-2H3,(H,21,23,24). The minimum absolute atomic E-state index is 0.101. The van der Waals surface area contributed by atoms with E-state index in [4.69, 9.17) is 9.97 Å². The van der Waals surface area contributed by atoms with Crippen molar-refractivity contribution in [2.75, 3.05) is 11.9 Å². The average molecular weight is 352 g/mol. The molecule has 2 N–H and O–H groups in total. The predicted molar refractivity (Wildman–Crippen MR) is 99.6 cm³/mol. The molecule has 0 radical (unpaired) electrons. The Kier molecular flexibility index (Phi) is 4.42. The van der Waals surface area contributed by atoms with Crippen LogP contribution in [0.4, 0.5) is 5.82 Å². The number of pyridine rings is 1. The van der Waals surface area contributed by atoms with Crippen LogP contribution in [0.3, 0.4) is 0 Å². The highest BCUT2D eigenvalue weighted by molar-refractivity contribution is 7.09. The van der Waals surface area contributed by atoms with Crippen LogP contribution in [-0.2, 0) is 13.0 Å². The molecule has 3 aromatic rings. The van der Waals surface area contributed by atoms with Crippen LogP contribution in [0.15, 0.2) is 29.9 Å². The van der Waals surface area contributed by atoms with Crippen LogP contribution < -0.4 is 10.6 Å². The van der Waals surface area contributed by atoms with Gasteiger partial charge in [0.05, 0.1) is 22.4 Å². The number of rotatable bonds is 4. The lowest BCUT2D eigenvalue weighted by Gasteiger charge is -2.22. The molecular weight excluding hydrogens is 332 g/mol. The number of fused-ring (bicyclic) bond motifs is 1. The summed E-state index contributed by atoms with van der Waals surface area (Å²) in [6.45, 7) is 5.87. The van der Waals surface area contributed by atoms with Crippen molar-refractivity contribution < 1.29 is 0 Å². The Morgan fingerprint density at radius 2 is 2.04 bits per heavy atom. The van der Waals surface area contributed by atoms with E-state index in [1.807, 2.05) is 19.1 Å². The van der Waals surface area contributed by atoms with Crippen molar-refractivity contribution in [1.29, 1.82) is 0 Å². The largest absolute Gasteiger partial charge is 0.362 e. The van der Waals surface area contributed by atoms with Gasteiger partial charge < -0.3 is 10.6 Å². The number of aromatic nitrogens is 4. The van der Waals surface area contributed by atoms with E-state index in [0.717, 1.165) is 53.1 Å². The van der Waals surface area contributed by atoms with Crippen LogP contribution in [0.2, 0.25) is 0 Å². The summed E-state index contributed by atoms with van der Waals surface area (Å²) in [6.07, 6.45) is 4.46. The van der Waals surface area contributed by atoms with E-state index >= 15 is 0 Å². The monoisotopic (exact) mass is 352 g/mol. The molecule has 1 aliphatic rings. The molecule has 128 valence electrons. The lowest BCUT2D eigenvalue weighted by Crippen LogP contribution is -2.27. The second-order valence-electron chi connectivity index (χ2n) is 6.14. The van der Waals surface area contributed by atoms with Gasteiger partial charge in [-0.15, -0.1) is 11.3 Å². The third-order valence-electron chi connectivity index (χ3n) is 4.31. The summed E-state index contributed by atoms with van der Waals surface area (Å²) < 4.78 is 0. The zero-order chi connectivity index (χ0) is 17.2. The predicted octanol–water partition coefficient (Wildman–Crippen LogP) is 3.12. The summed E-state index contributed by atoms with van der Waals surface area (Å²) in [5.41, 5.74) is 4.30. The minimum Gasteiger partial charge on any atom is -0.362 e. The van der Waals surface area contributed by atoms with Gasteiger partial charge in [-0.25, -0.2) is 15.0 Å². The van der Waals surface area contributed by atoms with E-state index in [0.29, 0.717) is 0 Å². The summed E-state index contributed by atoms with van der Waals surface area (Å²) in [6, 6.07) is 3.98. The lowest BCUT2D eigenvalue weighted by molar-refractivity contribution is 0.623. The van der Waals surface area contributed by atoms with Gasteiger partial charge in [0, 0.05) is 35.4 Å². The average Bonchev–Trinajstić information content (AvgIpc) is 3.09. The van der Waals surface area contributed by atoms with Gasteiger partial charge >= 0.3 is 0 Å². The third kappa shape index (κ3) is 3.38. The van der Waals surface area contributed by atoms with Crippen LogP contribution >= 0.6 is 11.3 Å². The maximum Gasteiger partial charge on any atom is 0.161 e. The van der Waals surface area contributed by atoms with Crippen molar-refractivity contribution in [2.45, 2.75) is 32.9 Å². The molecular formula is C18H20N6S. The molecule has 0 saturated heterocycles. The molecule has 3 aromatic heterocycles. The van der Waals surface area contributed by atoms with E-state index in [-0.39, 0.29) is 6.04 Å². The van der Waals surface area contributed by atoms with Gasteiger partial charge in [0.25, 0.3) is 0 Å². The van der Waals surface area contributed by atoms with Crippen molar-refractivity contribution in [1.82, 2.24) is 25.3 Å². The van der Waals surface area contributed by atoms with E-state index in [1.165, 1.54) is 5.56 Å². The molecule has 0 fully saturated rings. The first kappa shape index (κ1) is 16.1. The van der Waals surface area contributed by atoms with Crippen molar-refractivity contribution in [3.05, 3.63) is 51.9 Å². The molecule has 0 spiro atoms. The summed E-state index contributed by atoms with van der Waals surface area (Å²) in [5.74, 6) is 1.64. The highest BCUT2D eigenvalue weighted by Crippen LogP contribution is 2.28. The van der Waals surface area contributed by atoms with Crippen LogP contribution in [-0.4, -0.2) is 26.5 Å².